The average molecular weight is 278 g/mol. The second-order valence-corrected chi connectivity index (χ2v) is 5.70. The Kier molecular flexibility index (Phi) is 4.33. The first kappa shape index (κ1) is 14.9. The molecule has 0 radical (unpaired) electrons. The van der Waals surface area contributed by atoms with Crippen molar-refractivity contribution in [3.63, 3.8) is 0 Å². The molecule has 1 aromatic heterocycles. The van der Waals surface area contributed by atoms with Crippen molar-refractivity contribution in [1.82, 2.24) is 14.9 Å². The number of alkyl halides is 2. The maximum Gasteiger partial charge on any atom is 0.277 e. The van der Waals surface area contributed by atoms with E-state index in [1.54, 1.807) is 0 Å². The number of carbonyl (C=O) groups is 1. The van der Waals surface area contributed by atoms with Crippen molar-refractivity contribution in [3.05, 3.63) is 10.6 Å². The summed E-state index contributed by atoms with van der Waals surface area (Å²) in [5.41, 5.74) is 5.02. The standard InChI is InChI=1S/C10H16F2N4OS/c1-9(2,3)7-6(18-16-15-7)8(17)14-5-10(11,12)4-13/h4-5,13H2,1-3H3,(H,14,17). The van der Waals surface area contributed by atoms with Gasteiger partial charge in [0.05, 0.1) is 18.8 Å². The van der Waals surface area contributed by atoms with Gasteiger partial charge in [0.2, 0.25) is 0 Å². The van der Waals surface area contributed by atoms with Crippen LogP contribution in [0.5, 0.6) is 0 Å². The van der Waals surface area contributed by atoms with E-state index in [2.05, 4.69) is 14.9 Å². The van der Waals surface area contributed by atoms with E-state index in [0.717, 1.165) is 11.5 Å². The summed E-state index contributed by atoms with van der Waals surface area (Å²) in [6.45, 7) is 4.02. The number of carbonyl (C=O) groups excluding carboxylic acids is 1. The van der Waals surface area contributed by atoms with Crippen molar-refractivity contribution in [2.24, 2.45) is 5.73 Å². The molecular formula is C10H16F2N4OS. The zero-order chi connectivity index (χ0) is 14.0. The number of amides is 1. The number of aromatic nitrogens is 2. The Balaban J connectivity index is 2.78. The summed E-state index contributed by atoms with van der Waals surface area (Å²) in [4.78, 5) is 12.0. The van der Waals surface area contributed by atoms with Gasteiger partial charge in [-0.1, -0.05) is 25.3 Å². The molecule has 1 heterocycles. The van der Waals surface area contributed by atoms with E-state index in [1.165, 1.54) is 0 Å². The number of nitrogens with two attached hydrogens (primary N) is 1. The lowest BCUT2D eigenvalue weighted by atomic mass is 9.91. The molecule has 102 valence electrons. The van der Waals surface area contributed by atoms with Crippen molar-refractivity contribution in [3.8, 4) is 0 Å². The molecule has 0 spiro atoms. The van der Waals surface area contributed by atoms with Crippen LogP contribution in [0.3, 0.4) is 0 Å². The topological polar surface area (TPSA) is 80.9 Å². The molecule has 0 aliphatic rings. The molecule has 0 fully saturated rings. The number of rotatable bonds is 4. The molecule has 0 saturated heterocycles. The molecule has 0 aliphatic carbocycles. The normalized spacial score (nSPS) is 12.6. The molecule has 1 rings (SSSR count). The van der Waals surface area contributed by atoms with Crippen LogP contribution in [-0.4, -0.2) is 34.5 Å². The molecule has 0 aliphatic heterocycles. The minimum atomic E-state index is -3.10. The minimum Gasteiger partial charge on any atom is -0.345 e. The number of nitrogens with one attached hydrogen (secondary N) is 1. The third-order valence-corrected chi connectivity index (χ3v) is 2.94. The molecule has 0 unspecified atom stereocenters. The van der Waals surface area contributed by atoms with Gasteiger partial charge in [-0.2, -0.15) is 0 Å². The smallest absolute Gasteiger partial charge is 0.277 e. The van der Waals surface area contributed by atoms with Gasteiger partial charge in [-0.15, -0.1) is 5.10 Å². The van der Waals surface area contributed by atoms with Gasteiger partial charge in [0.1, 0.15) is 4.88 Å². The Morgan fingerprint density at radius 3 is 2.56 bits per heavy atom. The van der Waals surface area contributed by atoms with Crippen LogP contribution in [0.25, 0.3) is 0 Å². The third-order valence-electron chi connectivity index (χ3n) is 2.21. The lowest BCUT2D eigenvalue weighted by molar-refractivity contribution is 0.0119. The van der Waals surface area contributed by atoms with Crippen molar-refractivity contribution < 1.29 is 13.6 Å². The average Bonchev–Trinajstić information content (AvgIpc) is 2.74. The van der Waals surface area contributed by atoms with E-state index in [0.29, 0.717) is 5.69 Å². The summed E-state index contributed by atoms with van der Waals surface area (Å²) in [6, 6.07) is 0. The van der Waals surface area contributed by atoms with E-state index in [4.69, 9.17) is 5.73 Å². The van der Waals surface area contributed by atoms with E-state index >= 15 is 0 Å². The zero-order valence-electron chi connectivity index (χ0n) is 10.5. The Hall–Kier alpha value is -1.15. The fourth-order valence-electron chi connectivity index (χ4n) is 1.19. The van der Waals surface area contributed by atoms with Gasteiger partial charge in [0, 0.05) is 5.41 Å². The van der Waals surface area contributed by atoms with E-state index in [-0.39, 0.29) is 10.3 Å². The van der Waals surface area contributed by atoms with Crippen LogP contribution >= 0.6 is 11.5 Å². The summed E-state index contributed by atoms with van der Waals surface area (Å²) in [6.07, 6.45) is 0. The van der Waals surface area contributed by atoms with Crippen LogP contribution in [0.2, 0.25) is 0 Å². The maximum absolute atomic E-state index is 12.9. The van der Waals surface area contributed by atoms with Crippen LogP contribution < -0.4 is 11.1 Å². The number of halogens is 2. The Morgan fingerprint density at radius 2 is 2.06 bits per heavy atom. The maximum atomic E-state index is 12.9. The minimum absolute atomic E-state index is 0.260. The fourth-order valence-corrected chi connectivity index (χ4v) is 1.99. The van der Waals surface area contributed by atoms with Crippen LogP contribution in [0.1, 0.15) is 36.1 Å². The van der Waals surface area contributed by atoms with E-state index in [9.17, 15) is 13.6 Å². The Bertz CT molecular complexity index is 428. The van der Waals surface area contributed by atoms with Crippen molar-refractivity contribution in [2.45, 2.75) is 32.1 Å². The number of hydrogen-bond acceptors (Lipinski definition) is 5. The lowest BCUT2D eigenvalue weighted by Gasteiger charge is -2.17. The second kappa shape index (κ2) is 5.23. The largest absolute Gasteiger partial charge is 0.345 e. The van der Waals surface area contributed by atoms with Gasteiger partial charge in [-0.3, -0.25) is 4.79 Å². The summed E-state index contributed by atoms with van der Waals surface area (Å²) in [5.74, 6) is -3.70. The third kappa shape index (κ3) is 3.67. The van der Waals surface area contributed by atoms with Crippen LogP contribution in [-0.2, 0) is 5.41 Å². The van der Waals surface area contributed by atoms with Crippen LogP contribution in [0.15, 0.2) is 0 Å². The van der Waals surface area contributed by atoms with Gasteiger partial charge in [-0.25, -0.2) is 8.78 Å². The molecule has 1 aromatic rings. The van der Waals surface area contributed by atoms with E-state index in [1.807, 2.05) is 20.8 Å². The number of hydrogen-bond donors (Lipinski definition) is 2. The summed E-state index contributed by atoms with van der Waals surface area (Å²) < 4.78 is 29.5. The Morgan fingerprint density at radius 1 is 1.44 bits per heavy atom. The van der Waals surface area contributed by atoms with E-state index < -0.39 is 24.9 Å². The van der Waals surface area contributed by atoms with Crippen molar-refractivity contribution >= 4 is 17.4 Å². The molecule has 5 nitrogen and oxygen atoms in total. The molecular weight excluding hydrogens is 262 g/mol. The van der Waals surface area contributed by atoms with Gasteiger partial charge in [0.25, 0.3) is 11.8 Å². The monoisotopic (exact) mass is 278 g/mol. The molecule has 8 heteroatoms. The molecule has 0 saturated carbocycles. The van der Waals surface area contributed by atoms with Gasteiger partial charge in [-0.05, 0) is 11.5 Å². The predicted molar refractivity (Wildman–Crippen MR) is 64.9 cm³/mol. The summed E-state index contributed by atoms with van der Waals surface area (Å²) in [5, 5.41) is 6.02. The number of nitrogens with zero attached hydrogens (tertiary/aromatic N) is 2. The van der Waals surface area contributed by atoms with Crippen LogP contribution in [0.4, 0.5) is 8.78 Å². The lowest BCUT2D eigenvalue weighted by Crippen LogP contribution is -2.41. The SMILES string of the molecule is CC(C)(C)c1nnsc1C(=O)NCC(F)(F)CN. The first-order chi connectivity index (χ1) is 8.17. The molecule has 18 heavy (non-hydrogen) atoms. The van der Waals surface area contributed by atoms with Gasteiger partial charge < -0.3 is 11.1 Å². The molecule has 0 aromatic carbocycles. The summed E-state index contributed by atoms with van der Waals surface area (Å²) in [7, 11) is 0. The molecule has 3 N–H and O–H groups in total. The highest BCUT2D eigenvalue weighted by molar-refractivity contribution is 7.08. The summed E-state index contributed by atoms with van der Waals surface area (Å²) >= 11 is 0.893. The Labute approximate surface area is 108 Å². The molecule has 0 atom stereocenters. The second-order valence-electron chi connectivity index (χ2n) is 4.94. The molecule has 0 bridgehead atoms. The van der Waals surface area contributed by atoms with Crippen molar-refractivity contribution in [1.29, 1.82) is 0 Å². The predicted octanol–water partition coefficient (Wildman–Crippen LogP) is 1.16. The van der Waals surface area contributed by atoms with Crippen molar-refractivity contribution in [2.75, 3.05) is 13.1 Å². The highest BCUT2D eigenvalue weighted by Gasteiger charge is 2.30. The van der Waals surface area contributed by atoms with Gasteiger partial charge in [0.15, 0.2) is 0 Å². The first-order valence-electron chi connectivity index (χ1n) is 5.36. The van der Waals surface area contributed by atoms with Crippen LogP contribution in [0, 0.1) is 0 Å². The highest BCUT2D eigenvalue weighted by Crippen LogP contribution is 2.25. The molecule has 1 amide bonds. The first-order valence-corrected chi connectivity index (χ1v) is 6.13. The highest BCUT2D eigenvalue weighted by atomic mass is 32.1. The fraction of sp³-hybridized carbons (Fsp3) is 0.700. The quantitative estimate of drug-likeness (QED) is 0.866. The van der Waals surface area contributed by atoms with Gasteiger partial charge >= 0.3 is 0 Å². The zero-order valence-corrected chi connectivity index (χ0v) is 11.3.